The third-order valence-corrected chi connectivity index (χ3v) is 2.04. The number of ether oxygens (including phenoxy) is 1. The lowest BCUT2D eigenvalue weighted by atomic mass is 10.0. The zero-order valence-corrected chi connectivity index (χ0v) is 8.29. The minimum atomic E-state index is -0.556. The molecule has 0 N–H and O–H groups in total. The predicted molar refractivity (Wildman–Crippen MR) is 51.5 cm³/mol. The summed E-state index contributed by atoms with van der Waals surface area (Å²) in [6.07, 6.45) is 0.460. The van der Waals surface area contributed by atoms with Crippen LogP contribution in [0.15, 0.2) is 18.2 Å². The standard InChI is InChI=1S/C11H10FNO2/c1-15-11(14)6-5-8-3-2-4-10(12)9(8)7-13/h2-4H,5-6H2,1H3. The molecule has 15 heavy (non-hydrogen) atoms. The van der Waals surface area contributed by atoms with E-state index in [0.29, 0.717) is 12.0 Å². The van der Waals surface area contributed by atoms with Crippen LogP contribution in [-0.2, 0) is 16.0 Å². The third-order valence-electron chi connectivity index (χ3n) is 2.04. The summed E-state index contributed by atoms with van der Waals surface area (Å²) in [4.78, 5) is 10.9. The normalized spacial score (nSPS) is 9.40. The molecule has 0 amide bonds. The quantitative estimate of drug-likeness (QED) is 0.710. The molecule has 0 aliphatic heterocycles. The van der Waals surface area contributed by atoms with E-state index in [9.17, 15) is 9.18 Å². The highest BCUT2D eigenvalue weighted by atomic mass is 19.1. The van der Waals surface area contributed by atoms with Crippen molar-refractivity contribution < 1.29 is 13.9 Å². The lowest BCUT2D eigenvalue weighted by Crippen LogP contribution is -2.03. The van der Waals surface area contributed by atoms with Crippen molar-refractivity contribution in [3.63, 3.8) is 0 Å². The van der Waals surface area contributed by atoms with Crippen LogP contribution in [0.2, 0.25) is 0 Å². The second kappa shape index (κ2) is 5.11. The van der Waals surface area contributed by atoms with Crippen LogP contribution in [-0.4, -0.2) is 13.1 Å². The highest BCUT2D eigenvalue weighted by Crippen LogP contribution is 2.14. The Morgan fingerprint density at radius 3 is 2.93 bits per heavy atom. The maximum absolute atomic E-state index is 13.1. The van der Waals surface area contributed by atoms with Gasteiger partial charge < -0.3 is 4.74 Å². The summed E-state index contributed by atoms with van der Waals surface area (Å²) in [5, 5.41) is 8.72. The first-order valence-corrected chi connectivity index (χ1v) is 4.43. The molecule has 0 radical (unpaired) electrons. The van der Waals surface area contributed by atoms with Gasteiger partial charge >= 0.3 is 5.97 Å². The molecular formula is C11H10FNO2. The van der Waals surface area contributed by atoms with Gasteiger partial charge in [-0.05, 0) is 18.1 Å². The van der Waals surface area contributed by atoms with Crippen molar-refractivity contribution in [1.82, 2.24) is 0 Å². The first-order chi connectivity index (χ1) is 7.19. The summed E-state index contributed by atoms with van der Waals surface area (Å²) in [6, 6.07) is 6.15. The van der Waals surface area contributed by atoms with Crippen molar-refractivity contribution in [1.29, 1.82) is 5.26 Å². The van der Waals surface area contributed by atoms with Gasteiger partial charge in [0.15, 0.2) is 0 Å². The molecule has 78 valence electrons. The fourth-order valence-corrected chi connectivity index (χ4v) is 1.24. The summed E-state index contributed by atoms with van der Waals surface area (Å²) in [5.41, 5.74) is 0.532. The number of esters is 1. The number of aryl methyl sites for hydroxylation is 1. The van der Waals surface area contributed by atoms with Gasteiger partial charge in [0, 0.05) is 6.42 Å². The van der Waals surface area contributed by atoms with Gasteiger partial charge in [0.05, 0.1) is 12.7 Å². The van der Waals surface area contributed by atoms with Gasteiger partial charge in [-0.2, -0.15) is 5.26 Å². The molecule has 1 aromatic carbocycles. The van der Waals surface area contributed by atoms with E-state index in [1.165, 1.54) is 19.2 Å². The Morgan fingerprint density at radius 1 is 1.60 bits per heavy atom. The van der Waals surface area contributed by atoms with Crippen LogP contribution < -0.4 is 0 Å². The van der Waals surface area contributed by atoms with E-state index in [1.54, 1.807) is 12.1 Å². The van der Waals surface area contributed by atoms with Crippen molar-refractivity contribution in [3.05, 3.63) is 35.1 Å². The number of carbonyl (C=O) groups excluding carboxylic acids is 1. The van der Waals surface area contributed by atoms with Crippen LogP contribution in [0.25, 0.3) is 0 Å². The molecule has 1 aromatic rings. The predicted octanol–water partition coefficient (Wildman–Crippen LogP) is 1.80. The number of nitriles is 1. The Bertz CT molecular complexity index is 410. The van der Waals surface area contributed by atoms with Gasteiger partial charge in [0.2, 0.25) is 0 Å². The Balaban J connectivity index is 2.82. The van der Waals surface area contributed by atoms with E-state index in [2.05, 4.69) is 4.74 Å². The number of halogens is 1. The number of carbonyl (C=O) groups is 1. The molecule has 0 aromatic heterocycles. The average Bonchev–Trinajstić information content (AvgIpc) is 2.25. The number of methoxy groups -OCH3 is 1. The van der Waals surface area contributed by atoms with E-state index in [0.717, 1.165) is 0 Å². The smallest absolute Gasteiger partial charge is 0.305 e. The van der Waals surface area contributed by atoms with Gasteiger partial charge in [-0.25, -0.2) is 4.39 Å². The molecule has 0 fully saturated rings. The SMILES string of the molecule is COC(=O)CCc1cccc(F)c1C#N. The summed E-state index contributed by atoms with van der Waals surface area (Å²) in [5.74, 6) is -0.928. The monoisotopic (exact) mass is 207 g/mol. The molecule has 0 heterocycles. The zero-order chi connectivity index (χ0) is 11.3. The number of hydrogen-bond acceptors (Lipinski definition) is 3. The molecule has 0 atom stereocenters. The van der Waals surface area contributed by atoms with E-state index in [1.807, 2.05) is 0 Å². The van der Waals surface area contributed by atoms with Gasteiger partial charge in [0.1, 0.15) is 11.9 Å². The molecular weight excluding hydrogens is 197 g/mol. The van der Waals surface area contributed by atoms with Crippen LogP contribution in [0.1, 0.15) is 17.5 Å². The van der Waals surface area contributed by atoms with Crippen LogP contribution in [0.4, 0.5) is 4.39 Å². The first kappa shape index (κ1) is 11.2. The second-order valence-electron chi connectivity index (χ2n) is 2.96. The Morgan fingerprint density at radius 2 is 2.33 bits per heavy atom. The Kier molecular flexibility index (Phi) is 3.81. The Hall–Kier alpha value is -1.89. The Labute approximate surface area is 87.1 Å². The molecule has 0 aliphatic rings. The highest BCUT2D eigenvalue weighted by Gasteiger charge is 2.09. The molecule has 0 aliphatic carbocycles. The van der Waals surface area contributed by atoms with E-state index < -0.39 is 5.82 Å². The lowest BCUT2D eigenvalue weighted by molar-refractivity contribution is -0.140. The van der Waals surface area contributed by atoms with E-state index >= 15 is 0 Å². The van der Waals surface area contributed by atoms with Crippen molar-refractivity contribution in [2.24, 2.45) is 0 Å². The van der Waals surface area contributed by atoms with Crippen LogP contribution in [0.3, 0.4) is 0 Å². The number of nitrogens with zero attached hydrogens (tertiary/aromatic N) is 1. The number of rotatable bonds is 3. The third kappa shape index (κ3) is 2.78. The van der Waals surface area contributed by atoms with Crippen molar-refractivity contribution in [2.75, 3.05) is 7.11 Å². The maximum Gasteiger partial charge on any atom is 0.305 e. The zero-order valence-electron chi connectivity index (χ0n) is 8.29. The van der Waals surface area contributed by atoms with Crippen LogP contribution in [0.5, 0.6) is 0 Å². The molecule has 0 saturated heterocycles. The van der Waals surface area contributed by atoms with Gasteiger partial charge in [0.25, 0.3) is 0 Å². The number of benzene rings is 1. The lowest BCUT2D eigenvalue weighted by Gasteiger charge is -2.03. The minimum absolute atomic E-state index is 0.00130. The second-order valence-corrected chi connectivity index (χ2v) is 2.96. The summed E-state index contributed by atoms with van der Waals surface area (Å²) in [6.45, 7) is 0. The van der Waals surface area contributed by atoms with Crippen LogP contribution in [0, 0.1) is 17.1 Å². The fourth-order valence-electron chi connectivity index (χ4n) is 1.24. The van der Waals surface area contributed by atoms with Gasteiger partial charge in [-0.3, -0.25) is 4.79 Å². The molecule has 0 spiro atoms. The van der Waals surface area contributed by atoms with Crippen LogP contribution >= 0.6 is 0 Å². The molecule has 1 rings (SSSR count). The van der Waals surface area contributed by atoms with Gasteiger partial charge in [-0.1, -0.05) is 12.1 Å². The summed E-state index contributed by atoms with van der Waals surface area (Å²) < 4.78 is 17.6. The minimum Gasteiger partial charge on any atom is -0.469 e. The topological polar surface area (TPSA) is 50.1 Å². The van der Waals surface area contributed by atoms with Gasteiger partial charge in [-0.15, -0.1) is 0 Å². The molecule has 0 saturated carbocycles. The maximum atomic E-state index is 13.1. The summed E-state index contributed by atoms with van der Waals surface area (Å²) >= 11 is 0. The first-order valence-electron chi connectivity index (χ1n) is 4.43. The average molecular weight is 207 g/mol. The van der Waals surface area contributed by atoms with Crippen molar-refractivity contribution >= 4 is 5.97 Å². The largest absolute Gasteiger partial charge is 0.469 e. The van der Waals surface area contributed by atoms with E-state index in [-0.39, 0.29) is 18.0 Å². The van der Waals surface area contributed by atoms with E-state index in [4.69, 9.17) is 5.26 Å². The molecule has 0 bridgehead atoms. The van der Waals surface area contributed by atoms with Crippen molar-refractivity contribution in [3.8, 4) is 6.07 Å². The summed E-state index contributed by atoms with van der Waals surface area (Å²) in [7, 11) is 1.29. The molecule has 0 unspecified atom stereocenters. The molecule has 4 heteroatoms. The number of hydrogen-bond donors (Lipinski definition) is 0. The highest BCUT2D eigenvalue weighted by molar-refractivity contribution is 5.69. The fraction of sp³-hybridized carbons (Fsp3) is 0.273. The molecule has 3 nitrogen and oxygen atoms in total. The van der Waals surface area contributed by atoms with Crippen molar-refractivity contribution in [2.45, 2.75) is 12.8 Å².